The molecule has 8 nitrogen and oxygen atoms in total. The molecule has 9 heteroatoms. The number of hydrogen-bond acceptors (Lipinski definition) is 7. The summed E-state index contributed by atoms with van der Waals surface area (Å²) in [6.07, 6.45) is 2.84. The van der Waals surface area contributed by atoms with E-state index in [1.165, 1.54) is 31.7 Å². The summed E-state index contributed by atoms with van der Waals surface area (Å²) in [6, 6.07) is 5.98. The lowest BCUT2D eigenvalue weighted by atomic mass is 10.2. The first kappa shape index (κ1) is 15.7. The van der Waals surface area contributed by atoms with Gasteiger partial charge >= 0.3 is 5.69 Å². The Kier molecular flexibility index (Phi) is 4.89. The summed E-state index contributed by atoms with van der Waals surface area (Å²) in [5.74, 6) is 0.293. The van der Waals surface area contributed by atoms with Crippen LogP contribution in [0.2, 0.25) is 0 Å². The van der Waals surface area contributed by atoms with Crippen LogP contribution in [0.4, 0.5) is 11.5 Å². The molecule has 1 heterocycles. The first-order valence-electron chi connectivity index (χ1n) is 5.98. The summed E-state index contributed by atoms with van der Waals surface area (Å²) in [5.41, 5.74) is 2.95. The van der Waals surface area contributed by atoms with E-state index in [1.54, 1.807) is 12.1 Å². The van der Waals surface area contributed by atoms with Crippen LogP contribution in [0.5, 0.6) is 11.5 Å². The summed E-state index contributed by atoms with van der Waals surface area (Å²) >= 11 is 3.19. The first-order chi connectivity index (χ1) is 10.5. The Morgan fingerprint density at radius 2 is 2.32 bits per heavy atom. The summed E-state index contributed by atoms with van der Waals surface area (Å²) in [7, 11) is 1.43. The van der Waals surface area contributed by atoms with Crippen LogP contribution in [0.3, 0.4) is 0 Å². The number of ether oxygens (including phenoxy) is 1. The molecule has 2 aromatic rings. The maximum Gasteiger partial charge on any atom is 0.313 e. The lowest BCUT2D eigenvalue weighted by Crippen LogP contribution is -1.99. The number of methoxy groups -OCH3 is 1. The Bertz CT molecular complexity index is 736. The zero-order valence-electron chi connectivity index (χ0n) is 11.4. The SMILES string of the molecule is COc1cc(/C=N/Nc2ncccc2[N+](=O)[O-])cc(Br)c1O. The number of hydrogen-bond donors (Lipinski definition) is 2. The monoisotopic (exact) mass is 366 g/mol. The van der Waals surface area contributed by atoms with Gasteiger partial charge in [0.25, 0.3) is 0 Å². The van der Waals surface area contributed by atoms with E-state index in [1.807, 2.05) is 0 Å². The topological polar surface area (TPSA) is 110 Å². The van der Waals surface area contributed by atoms with Gasteiger partial charge in [-0.3, -0.25) is 15.5 Å². The predicted molar refractivity (Wildman–Crippen MR) is 84.5 cm³/mol. The van der Waals surface area contributed by atoms with Crippen LogP contribution in [0.15, 0.2) is 40.0 Å². The molecule has 0 aliphatic heterocycles. The minimum absolute atomic E-state index is 0.0204. The van der Waals surface area contributed by atoms with Crippen LogP contribution in [0.25, 0.3) is 0 Å². The van der Waals surface area contributed by atoms with E-state index in [-0.39, 0.29) is 23.0 Å². The molecule has 0 bridgehead atoms. The molecule has 1 aromatic carbocycles. The third-order valence-corrected chi connectivity index (χ3v) is 3.24. The van der Waals surface area contributed by atoms with Gasteiger partial charge in [-0.25, -0.2) is 4.98 Å². The number of phenols is 1. The molecule has 0 atom stereocenters. The van der Waals surface area contributed by atoms with Crippen molar-refractivity contribution < 1.29 is 14.8 Å². The molecule has 2 rings (SSSR count). The number of phenolic OH excluding ortho intramolecular Hbond substituents is 1. The zero-order chi connectivity index (χ0) is 16.1. The van der Waals surface area contributed by atoms with Gasteiger partial charge in [-0.15, -0.1) is 0 Å². The lowest BCUT2D eigenvalue weighted by Gasteiger charge is -2.06. The van der Waals surface area contributed by atoms with Crippen molar-refractivity contribution in [1.82, 2.24) is 4.98 Å². The Balaban J connectivity index is 2.20. The van der Waals surface area contributed by atoms with Crippen LogP contribution in [-0.2, 0) is 0 Å². The van der Waals surface area contributed by atoms with Crippen molar-refractivity contribution in [3.8, 4) is 11.5 Å². The number of nitrogens with one attached hydrogen (secondary N) is 1. The molecule has 2 N–H and O–H groups in total. The van der Waals surface area contributed by atoms with Gasteiger partial charge in [0, 0.05) is 12.3 Å². The van der Waals surface area contributed by atoms with Crippen molar-refractivity contribution in [2.75, 3.05) is 12.5 Å². The maximum atomic E-state index is 10.8. The molecule has 0 aliphatic rings. The van der Waals surface area contributed by atoms with Gasteiger partial charge in [0.05, 0.1) is 22.7 Å². The first-order valence-corrected chi connectivity index (χ1v) is 6.77. The molecule has 0 fully saturated rings. The highest BCUT2D eigenvalue weighted by molar-refractivity contribution is 9.10. The number of anilines is 1. The standard InChI is InChI=1S/C13H11BrN4O4/c1-22-11-6-8(5-9(14)12(11)19)7-16-17-13-10(18(20)21)3-2-4-15-13/h2-7,19H,1H3,(H,15,17)/b16-7+. The average molecular weight is 367 g/mol. The van der Waals surface area contributed by atoms with Crippen LogP contribution in [0.1, 0.15) is 5.56 Å². The second-order valence-electron chi connectivity index (χ2n) is 4.05. The highest BCUT2D eigenvalue weighted by atomic mass is 79.9. The number of pyridine rings is 1. The quantitative estimate of drug-likeness (QED) is 0.478. The third-order valence-electron chi connectivity index (χ3n) is 2.64. The summed E-state index contributed by atoms with van der Waals surface area (Å²) in [5, 5.41) is 24.5. The van der Waals surface area contributed by atoms with Gasteiger partial charge in [0.2, 0.25) is 5.82 Å². The minimum atomic E-state index is -0.551. The number of hydrazone groups is 1. The van der Waals surface area contributed by atoms with E-state index < -0.39 is 4.92 Å². The molecule has 0 amide bonds. The molecular formula is C13H11BrN4O4. The Hall–Kier alpha value is -2.68. The Morgan fingerprint density at radius 3 is 3.00 bits per heavy atom. The smallest absolute Gasteiger partial charge is 0.313 e. The van der Waals surface area contributed by atoms with E-state index >= 15 is 0 Å². The van der Waals surface area contributed by atoms with Crippen LogP contribution in [-0.4, -0.2) is 28.3 Å². The van der Waals surface area contributed by atoms with Crippen LogP contribution < -0.4 is 10.2 Å². The zero-order valence-corrected chi connectivity index (χ0v) is 12.9. The fourth-order valence-electron chi connectivity index (χ4n) is 1.62. The van der Waals surface area contributed by atoms with Crippen molar-refractivity contribution in [3.63, 3.8) is 0 Å². The van der Waals surface area contributed by atoms with Gasteiger partial charge in [-0.05, 0) is 39.7 Å². The lowest BCUT2D eigenvalue weighted by molar-refractivity contribution is -0.384. The van der Waals surface area contributed by atoms with E-state index in [0.717, 1.165) is 0 Å². The normalized spacial score (nSPS) is 10.6. The number of benzene rings is 1. The molecule has 114 valence electrons. The molecule has 0 aliphatic carbocycles. The van der Waals surface area contributed by atoms with Crippen LogP contribution in [0, 0.1) is 10.1 Å². The van der Waals surface area contributed by atoms with Crippen molar-refractivity contribution in [2.24, 2.45) is 5.10 Å². The highest BCUT2D eigenvalue weighted by Crippen LogP contribution is 2.34. The van der Waals surface area contributed by atoms with Gasteiger partial charge in [0.15, 0.2) is 11.5 Å². The molecule has 0 spiro atoms. The fourth-order valence-corrected chi connectivity index (χ4v) is 2.08. The van der Waals surface area contributed by atoms with Crippen molar-refractivity contribution in [1.29, 1.82) is 0 Å². The number of nitrogens with zero attached hydrogens (tertiary/aromatic N) is 3. The molecule has 22 heavy (non-hydrogen) atoms. The van der Waals surface area contributed by atoms with Gasteiger partial charge in [-0.1, -0.05) is 0 Å². The van der Waals surface area contributed by atoms with Gasteiger partial charge in [0.1, 0.15) is 0 Å². The van der Waals surface area contributed by atoms with Gasteiger partial charge in [-0.2, -0.15) is 5.10 Å². The molecule has 1 aromatic heterocycles. The molecule has 0 saturated carbocycles. The van der Waals surface area contributed by atoms with Crippen molar-refractivity contribution in [2.45, 2.75) is 0 Å². The van der Waals surface area contributed by atoms with Crippen molar-refractivity contribution in [3.05, 3.63) is 50.6 Å². The fraction of sp³-hybridized carbons (Fsp3) is 0.0769. The number of nitro groups is 1. The second-order valence-corrected chi connectivity index (χ2v) is 4.91. The van der Waals surface area contributed by atoms with Crippen LogP contribution >= 0.6 is 15.9 Å². The largest absolute Gasteiger partial charge is 0.503 e. The number of aromatic hydroxyl groups is 1. The van der Waals surface area contributed by atoms with Gasteiger partial charge < -0.3 is 9.84 Å². The molecule has 0 unspecified atom stereocenters. The highest BCUT2D eigenvalue weighted by Gasteiger charge is 2.13. The number of aromatic nitrogens is 1. The minimum Gasteiger partial charge on any atom is -0.503 e. The summed E-state index contributed by atoms with van der Waals surface area (Å²) in [4.78, 5) is 14.1. The molecule has 0 saturated heterocycles. The summed E-state index contributed by atoms with van der Waals surface area (Å²) in [6.45, 7) is 0. The Morgan fingerprint density at radius 1 is 1.55 bits per heavy atom. The van der Waals surface area contributed by atoms with E-state index in [9.17, 15) is 15.2 Å². The molecule has 0 radical (unpaired) electrons. The van der Waals surface area contributed by atoms with E-state index in [0.29, 0.717) is 10.0 Å². The van der Waals surface area contributed by atoms with E-state index in [4.69, 9.17) is 4.74 Å². The van der Waals surface area contributed by atoms with Crippen molar-refractivity contribution >= 4 is 33.6 Å². The average Bonchev–Trinajstić information content (AvgIpc) is 2.51. The van der Waals surface area contributed by atoms with E-state index in [2.05, 4.69) is 31.4 Å². The number of rotatable bonds is 5. The predicted octanol–water partition coefficient (Wildman–Crippen LogP) is 2.91. The number of halogens is 1. The maximum absolute atomic E-state index is 10.8. The molecular weight excluding hydrogens is 356 g/mol. The summed E-state index contributed by atoms with van der Waals surface area (Å²) < 4.78 is 5.46. The third kappa shape index (κ3) is 3.50. The second kappa shape index (κ2) is 6.85. The Labute approximate surface area is 133 Å².